The summed E-state index contributed by atoms with van der Waals surface area (Å²) in [6.07, 6.45) is 0.750. The zero-order chi connectivity index (χ0) is 16.8. The Morgan fingerprint density at radius 1 is 0.913 bits per heavy atom. The maximum atomic E-state index is 12.0. The SMILES string of the molecule is CCCOC(=O)c1ccc(C(=O)Oc2ccc(Cl)c(Cl)c2)cc1. The molecule has 0 atom stereocenters. The largest absolute Gasteiger partial charge is 0.462 e. The molecule has 0 heterocycles. The molecule has 0 radical (unpaired) electrons. The molecule has 2 rings (SSSR count). The standard InChI is InChI=1S/C17H14Cl2O4/c1-2-9-22-16(20)11-3-5-12(6-4-11)17(21)23-13-7-8-14(18)15(19)10-13/h3-8,10H,2,9H2,1H3. The van der Waals surface area contributed by atoms with Gasteiger partial charge in [-0.15, -0.1) is 0 Å². The van der Waals surface area contributed by atoms with Crippen LogP contribution in [-0.4, -0.2) is 18.5 Å². The van der Waals surface area contributed by atoms with Crippen molar-refractivity contribution in [3.63, 3.8) is 0 Å². The molecular formula is C17H14Cl2O4. The second-order valence-electron chi connectivity index (χ2n) is 4.68. The molecule has 0 aliphatic carbocycles. The van der Waals surface area contributed by atoms with E-state index in [1.807, 2.05) is 6.92 Å². The molecule has 0 aliphatic rings. The highest BCUT2D eigenvalue weighted by Crippen LogP contribution is 2.26. The van der Waals surface area contributed by atoms with Crippen molar-refractivity contribution < 1.29 is 19.1 Å². The number of esters is 2. The number of carbonyl (C=O) groups is 2. The van der Waals surface area contributed by atoms with Crippen LogP contribution in [0.4, 0.5) is 0 Å². The Labute approximate surface area is 143 Å². The van der Waals surface area contributed by atoms with Gasteiger partial charge in [0.05, 0.1) is 27.8 Å². The quantitative estimate of drug-likeness (QED) is 0.573. The minimum absolute atomic E-state index is 0.288. The van der Waals surface area contributed by atoms with Gasteiger partial charge >= 0.3 is 11.9 Å². The number of benzene rings is 2. The van der Waals surface area contributed by atoms with E-state index in [1.54, 1.807) is 12.1 Å². The Morgan fingerprint density at radius 2 is 1.52 bits per heavy atom. The minimum atomic E-state index is -0.558. The highest BCUT2D eigenvalue weighted by Gasteiger charge is 2.12. The van der Waals surface area contributed by atoms with Gasteiger partial charge < -0.3 is 9.47 Å². The van der Waals surface area contributed by atoms with Crippen molar-refractivity contribution in [1.82, 2.24) is 0 Å². The van der Waals surface area contributed by atoms with E-state index in [4.69, 9.17) is 32.7 Å². The summed E-state index contributed by atoms with van der Waals surface area (Å²) in [6, 6.07) is 10.6. The number of hydrogen-bond acceptors (Lipinski definition) is 4. The molecule has 120 valence electrons. The van der Waals surface area contributed by atoms with E-state index in [0.29, 0.717) is 27.8 Å². The van der Waals surface area contributed by atoms with Gasteiger partial charge in [0.25, 0.3) is 0 Å². The maximum Gasteiger partial charge on any atom is 0.343 e. The van der Waals surface area contributed by atoms with Crippen molar-refractivity contribution in [2.45, 2.75) is 13.3 Å². The molecule has 0 N–H and O–H groups in total. The first-order valence-electron chi connectivity index (χ1n) is 6.95. The molecule has 0 aliphatic heterocycles. The third-order valence-electron chi connectivity index (χ3n) is 2.90. The van der Waals surface area contributed by atoms with Crippen molar-refractivity contribution >= 4 is 35.1 Å². The zero-order valence-electron chi connectivity index (χ0n) is 12.3. The van der Waals surface area contributed by atoms with Crippen molar-refractivity contribution in [1.29, 1.82) is 0 Å². The van der Waals surface area contributed by atoms with Crippen LogP contribution >= 0.6 is 23.2 Å². The lowest BCUT2D eigenvalue weighted by atomic mass is 10.1. The van der Waals surface area contributed by atoms with Crippen molar-refractivity contribution in [3.05, 3.63) is 63.6 Å². The second-order valence-corrected chi connectivity index (χ2v) is 5.49. The molecular weight excluding hydrogens is 339 g/mol. The highest BCUT2D eigenvalue weighted by molar-refractivity contribution is 6.42. The zero-order valence-corrected chi connectivity index (χ0v) is 13.9. The van der Waals surface area contributed by atoms with E-state index in [-0.39, 0.29) is 5.75 Å². The van der Waals surface area contributed by atoms with E-state index in [9.17, 15) is 9.59 Å². The third kappa shape index (κ3) is 4.71. The van der Waals surface area contributed by atoms with Gasteiger partial charge in [-0.3, -0.25) is 0 Å². The van der Waals surface area contributed by atoms with Crippen LogP contribution in [0.5, 0.6) is 5.75 Å². The first-order valence-corrected chi connectivity index (χ1v) is 7.71. The van der Waals surface area contributed by atoms with Gasteiger partial charge in [0.1, 0.15) is 5.75 Å². The van der Waals surface area contributed by atoms with Crippen LogP contribution in [0.3, 0.4) is 0 Å². The smallest absolute Gasteiger partial charge is 0.343 e. The van der Waals surface area contributed by atoms with Gasteiger partial charge in [-0.1, -0.05) is 30.1 Å². The average Bonchev–Trinajstić information content (AvgIpc) is 2.56. The predicted molar refractivity (Wildman–Crippen MR) is 88.4 cm³/mol. The lowest BCUT2D eigenvalue weighted by Crippen LogP contribution is -2.10. The van der Waals surface area contributed by atoms with Gasteiger partial charge in [0.2, 0.25) is 0 Å². The summed E-state index contributed by atoms with van der Waals surface area (Å²) in [5.74, 6) is -0.691. The molecule has 2 aromatic rings. The van der Waals surface area contributed by atoms with Crippen molar-refractivity contribution in [2.24, 2.45) is 0 Å². The Bertz CT molecular complexity index is 711. The van der Waals surface area contributed by atoms with Crippen LogP contribution in [0.2, 0.25) is 10.0 Å². The number of halogens is 2. The van der Waals surface area contributed by atoms with E-state index >= 15 is 0 Å². The molecule has 0 unspecified atom stereocenters. The summed E-state index contributed by atoms with van der Waals surface area (Å²) in [4.78, 5) is 23.7. The molecule has 0 bridgehead atoms. The first-order chi connectivity index (χ1) is 11.0. The average molecular weight is 353 g/mol. The van der Waals surface area contributed by atoms with Gasteiger partial charge in [0.15, 0.2) is 0 Å². The Morgan fingerprint density at radius 3 is 2.09 bits per heavy atom. The maximum absolute atomic E-state index is 12.0. The topological polar surface area (TPSA) is 52.6 Å². The normalized spacial score (nSPS) is 10.2. The predicted octanol–water partition coefficient (Wildman–Crippen LogP) is 4.78. The van der Waals surface area contributed by atoms with E-state index < -0.39 is 11.9 Å². The monoisotopic (exact) mass is 352 g/mol. The van der Waals surface area contributed by atoms with Crippen LogP contribution in [0.25, 0.3) is 0 Å². The van der Waals surface area contributed by atoms with Crippen molar-refractivity contribution in [2.75, 3.05) is 6.61 Å². The second kappa shape index (κ2) is 7.99. The van der Waals surface area contributed by atoms with Crippen LogP contribution < -0.4 is 4.74 Å². The first kappa shape index (κ1) is 17.3. The molecule has 2 aromatic carbocycles. The fraction of sp³-hybridized carbons (Fsp3) is 0.176. The fourth-order valence-corrected chi connectivity index (χ4v) is 2.01. The molecule has 0 saturated heterocycles. The summed E-state index contributed by atoms with van der Waals surface area (Å²) in [6.45, 7) is 2.27. The van der Waals surface area contributed by atoms with Gasteiger partial charge in [-0.25, -0.2) is 9.59 Å². The molecule has 0 amide bonds. The Balaban J connectivity index is 2.05. The summed E-state index contributed by atoms with van der Waals surface area (Å²) in [5.41, 5.74) is 0.688. The lowest BCUT2D eigenvalue weighted by molar-refractivity contribution is 0.0504. The van der Waals surface area contributed by atoms with Gasteiger partial charge in [-0.2, -0.15) is 0 Å². The van der Waals surface area contributed by atoms with E-state index in [0.717, 1.165) is 6.42 Å². The summed E-state index contributed by atoms with van der Waals surface area (Å²) in [7, 11) is 0. The molecule has 23 heavy (non-hydrogen) atoms. The lowest BCUT2D eigenvalue weighted by Gasteiger charge is -2.06. The number of rotatable bonds is 5. The molecule has 6 heteroatoms. The third-order valence-corrected chi connectivity index (χ3v) is 3.63. The summed E-state index contributed by atoms with van der Waals surface area (Å²) >= 11 is 11.7. The van der Waals surface area contributed by atoms with Gasteiger partial charge in [-0.05, 0) is 42.8 Å². The fourth-order valence-electron chi connectivity index (χ4n) is 1.73. The van der Waals surface area contributed by atoms with Crippen LogP contribution in [0, 0.1) is 0 Å². The minimum Gasteiger partial charge on any atom is -0.462 e. The molecule has 0 saturated carbocycles. The summed E-state index contributed by atoms with van der Waals surface area (Å²) in [5, 5.41) is 0.674. The molecule has 0 spiro atoms. The molecule has 0 fully saturated rings. The van der Waals surface area contributed by atoms with E-state index in [1.165, 1.54) is 30.3 Å². The Kier molecular flexibility index (Phi) is 6.02. The van der Waals surface area contributed by atoms with Crippen LogP contribution in [0.15, 0.2) is 42.5 Å². The van der Waals surface area contributed by atoms with Crippen molar-refractivity contribution in [3.8, 4) is 5.75 Å². The van der Waals surface area contributed by atoms with Gasteiger partial charge in [0, 0.05) is 6.07 Å². The molecule has 0 aromatic heterocycles. The Hall–Kier alpha value is -2.04. The molecule has 4 nitrogen and oxygen atoms in total. The number of carbonyl (C=O) groups excluding carboxylic acids is 2. The summed E-state index contributed by atoms with van der Waals surface area (Å²) < 4.78 is 10.2. The number of hydrogen-bond donors (Lipinski definition) is 0. The van der Waals surface area contributed by atoms with Crippen LogP contribution in [0.1, 0.15) is 34.1 Å². The van der Waals surface area contributed by atoms with Crippen LogP contribution in [-0.2, 0) is 4.74 Å². The van der Waals surface area contributed by atoms with E-state index in [2.05, 4.69) is 0 Å². The number of ether oxygens (including phenoxy) is 2. The highest BCUT2D eigenvalue weighted by atomic mass is 35.5.